The van der Waals surface area contributed by atoms with Crippen LogP contribution in [0.3, 0.4) is 0 Å². The van der Waals surface area contributed by atoms with E-state index < -0.39 is 9.84 Å². The molecule has 14 heavy (non-hydrogen) atoms. The van der Waals surface area contributed by atoms with Crippen LogP contribution >= 0.6 is 11.6 Å². The number of alkyl halides is 1. The van der Waals surface area contributed by atoms with Crippen LogP contribution in [0.1, 0.15) is 33.6 Å². The second-order valence-electron chi connectivity index (χ2n) is 4.38. The lowest BCUT2D eigenvalue weighted by atomic mass is 10.1. The van der Waals surface area contributed by atoms with Crippen LogP contribution in [0.4, 0.5) is 0 Å². The van der Waals surface area contributed by atoms with E-state index in [1.807, 2.05) is 20.8 Å². The molecule has 0 saturated heterocycles. The smallest absolute Gasteiger partial charge is 0.150 e. The van der Waals surface area contributed by atoms with E-state index >= 15 is 0 Å². The van der Waals surface area contributed by atoms with Crippen molar-refractivity contribution < 1.29 is 8.42 Å². The molecule has 0 saturated carbocycles. The van der Waals surface area contributed by atoms with Crippen LogP contribution in [0.5, 0.6) is 0 Å². The van der Waals surface area contributed by atoms with Gasteiger partial charge in [-0.15, -0.1) is 11.6 Å². The maximum absolute atomic E-state index is 11.5. The Labute approximate surface area is 93.0 Å². The minimum Gasteiger partial charge on any atom is -0.229 e. The van der Waals surface area contributed by atoms with Crippen molar-refractivity contribution in [2.24, 2.45) is 11.8 Å². The lowest BCUT2D eigenvalue weighted by molar-refractivity contribution is 0.530. The van der Waals surface area contributed by atoms with Crippen LogP contribution < -0.4 is 0 Å². The van der Waals surface area contributed by atoms with E-state index in [0.29, 0.717) is 23.3 Å². The van der Waals surface area contributed by atoms with Gasteiger partial charge in [-0.1, -0.05) is 20.8 Å². The van der Waals surface area contributed by atoms with E-state index in [-0.39, 0.29) is 5.92 Å². The van der Waals surface area contributed by atoms with Crippen LogP contribution in [-0.4, -0.2) is 25.8 Å². The average molecular weight is 241 g/mol. The third kappa shape index (κ3) is 7.63. The molecule has 0 aromatic rings. The van der Waals surface area contributed by atoms with E-state index in [0.717, 1.165) is 12.8 Å². The number of halogens is 1. The SMILES string of the molecule is CC(C)CS(=O)(=O)CCC(C)CCCl. The zero-order valence-electron chi connectivity index (χ0n) is 9.29. The van der Waals surface area contributed by atoms with Gasteiger partial charge in [0, 0.05) is 5.88 Å². The minimum atomic E-state index is -2.84. The molecule has 0 aliphatic heterocycles. The highest BCUT2D eigenvalue weighted by Crippen LogP contribution is 2.11. The molecule has 2 nitrogen and oxygen atoms in total. The molecular formula is C10H21ClO2S. The fourth-order valence-electron chi connectivity index (χ4n) is 1.30. The molecule has 0 rings (SSSR count). The summed E-state index contributed by atoms with van der Waals surface area (Å²) in [6, 6.07) is 0. The first-order valence-electron chi connectivity index (χ1n) is 5.13. The highest BCUT2D eigenvalue weighted by molar-refractivity contribution is 7.91. The highest BCUT2D eigenvalue weighted by atomic mass is 35.5. The third-order valence-corrected chi connectivity index (χ3v) is 4.36. The predicted octanol–water partition coefficient (Wildman–Crippen LogP) is 2.71. The second-order valence-corrected chi connectivity index (χ2v) is 6.99. The fourth-order valence-corrected chi connectivity index (χ4v) is 3.62. The predicted molar refractivity (Wildman–Crippen MR) is 62.6 cm³/mol. The molecule has 0 bridgehead atoms. The van der Waals surface area contributed by atoms with Gasteiger partial charge in [-0.3, -0.25) is 0 Å². The summed E-state index contributed by atoms with van der Waals surface area (Å²) in [6.45, 7) is 5.91. The quantitative estimate of drug-likeness (QED) is 0.642. The van der Waals surface area contributed by atoms with Crippen LogP contribution in [0.2, 0.25) is 0 Å². The summed E-state index contributed by atoms with van der Waals surface area (Å²) in [5, 5.41) is 0. The second kappa shape index (κ2) is 6.67. The van der Waals surface area contributed by atoms with Crippen molar-refractivity contribution in [2.45, 2.75) is 33.6 Å². The standard InChI is InChI=1S/C10H21ClO2S/c1-9(2)8-14(12,13)7-5-10(3)4-6-11/h9-10H,4-8H2,1-3H3. The van der Waals surface area contributed by atoms with Gasteiger partial charge in [0.1, 0.15) is 0 Å². The Morgan fingerprint density at radius 2 is 1.71 bits per heavy atom. The first kappa shape index (κ1) is 14.2. The minimum absolute atomic E-state index is 0.225. The Hall–Kier alpha value is 0.240. The zero-order valence-corrected chi connectivity index (χ0v) is 10.9. The topological polar surface area (TPSA) is 34.1 Å². The molecule has 0 spiro atoms. The molecule has 0 N–H and O–H groups in total. The van der Waals surface area contributed by atoms with Crippen molar-refractivity contribution in [1.29, 1.82) is 0 Å². The average Bonchev–Trinajstić information content (AvgIpc) is 1.99. The summed E-state index contributed by atoms with van der Waals surface area (Å²) in [4.78, 5) is 0. The number of sulfone groups is 1. The molecule has 0 aliphatic carbocycles. The highest BCUT2D eigenvalue weighted by Gasteiger charge is 2.14. The number of hydrogen-bond donors (Lipinski definition) is 0. The first-order chi connectivity index (χ1) is 6.37. The Balaban J connectivity index is 3.87. The summed E-state index contributed by atoms with van der Waals surface area (Å²) in [7, 11) is -2.84. The summed E-state index contributed by atoms with van der Waals surface area (Å²) in [5.74, 6) is 1.87. The largest absolute Gasteiger partial charge is 0.229 e. The van der Waals surface area contributed by atoms with E-state index in [1.165, 1.54) is 0 Å². The summed E-state index contributed by atoms with van der Waals surface area (Å²) < 4.78 is 23.0. The van der Waals surface area contributed by atoms with Gasteiger partial charge >= 0.3 is 0 Å². The normalized spacial score (nSPS) is 14.6. The molecule has 86 valence electrons. The Morgan fingerprint density at radius 3 is 2.14 bits per heavy atom. The molecular weight excluding hydrogens is 220 g/mol. The van der Waals surface area contributed by atoms with Crippen LogP contribution in [0.15, 0.2) is 0 Å². The van der Waals surface area contributed by atoms with Crippen molar-refractivity contribution in [3.8, 4) is 0 Å². The van der Waals surface area contributed by atoms with Gasteiger partial charge in [0.25, 0.3) is 0 Å². The molecule has 1 atom stereocenters. The molecule has 0 aromatic heterocycles. The summed E-state index contributed by atoms with van der Waals surface area (Å²) in [5.41, 5.74) is 0. The summed E-state index contributed by atoms with van der Waals surface area (Å²) in [6.07, 6.45) is 1.64. The number of hydrogen-bond acceptors (Lipinski definition) is 2. The monoisotopic (exact) mass is 240 g/mol. The molecule has 0 amide bonds. The Bertz CT molecular complexity index is 235. The zero-order chi connectivity index (χ0) is 11.2. The molecule has 4 heteroatoms. The van der Waals surface area contributed by atoms with Crippen LogP contribution in [0.25, 0.3) is 0 Å². The van der Waals surface area contributed by atoms with Crippen molar-refractivity contribution in [3.05, 3.63) is 0 Å². The maximum atomic E-state index is 11.5. The lowest BCUT2D eigenvalue weighted by Gasteiger charge is -2.10. The number of rotatable bonds is 7. The van der Waals surface area contributed by atoms with Gasteiger partial charge in [-0.05, 0) is 24.7 Å². The maximum Gasteiger partial charge on any atom is 0.150 e. The molecule has 0 fully saturated rings. The molecule has 0 aromatic carbocycles. The van der Waals surface area contributed by atoms with Crippen LogP contribution in [-0.2, 0) is 9.84 Å². The first-order valence-corrected chi connectivity index (χ1v) is 7.49. The van der Waals surface area contributed by atoms with Gasteiger partial charge in [0.05, 0.1) is 11.5 Å². The van der Waals surface area contributed by atoms with Gasteiger partial charge in [0.15, 0.2) is 9.84 Å². The van der Waals surface area contributed by atoms with E-state index in [2.05, 4.69) is 0 Å². The van der Waals surface area contributed by atoms with Crippen molar-refractivity contribution in [1.82, 2.24) is 0 Å². The van der Waals surface area contributed by atoms with Crippen LogP contribution in [0, 0.1) is 11.8 Å². The summed E-state index contributed by atoms with van der Waals surface area (Å²) >= 11 is 5.58. The molecule has 0 heterocycles. The van der Waals surface area contributed by atoms with Crippen molar-refractivity contribution in [2.75, 3.05) is 17.4 Å². The molecule has 1 unspecified atom stereocenters. The molecule has 0 radical (unpaired) electrons. The van der Waals surface area contributed by atoms with E-state index in [4.69, 9.17) is 11.6 Å². The van der Waals surface area contributed by atoms with Gasteiger partial charge < -0.3 is 0 Å². The van der Waals surface area contributed by atoms with Crippen molar-refractivity contribution in [3.63, 3.8) is 0 Å². The van der Waals surface area contributed by atoms with Gasteiger partial charge in [0.2, 0.25) is 0 Å². The van der Waals surface area contributed by atoms with Gasteiger partial charge in [-0.25, -0.2) is 8.42 Å². The van der Waals surface area contributed by atoms with E-state index in [9.17, 15) is 8.42 Å². The van der Waals surface area contributed by atoms with Gasteiger partial charge in [-0.2, -0.15) is 0 Å². The van der Waals surface area contributed by atoms with Crippen molar-refractivity contribution >= 4 is 21.4 Å². The lowest BCUT2D eigenvalue weighted by Crippen LogP contribution is -2.17. The Kier molecular flexibility index (Phi) is 6.79. The molecule has 0 aliphatic rings. The fraction of sp³-hybridized carbons (Fsp3) is 1.00. The van der Waals surface area contributed by atoms with E-state index in [1.54, 1.807) is 0 Å². The Morgan fingerprint density at radius 1 is 1.14 bits per heavy atom. The third-order valence-electron chi connectivity index (χ3n) is 2.11.